The highest BCUT2D eigenvalue weighted by Gasteiger charge is 2.21. The molecule has 0 unspecified atom stereocenters. The summed E-state index contributed by atoms with van der Waals surface area (Å²) in [6.45, 7) is 4.32. The van der Waals surface area contributed by atoms with Crippen LogP contribution in [0.4, 0.5) is 0 Å². The fourth-order valence-corrected chi connectivity index (χ4v) is 3.28. The van der Waals surface area contributed by atoms with Crippen molar-refractivity contribution in [3.05, 3.63) is 76.8 Å². The van der Waals surface area contributed by atoms with Crippen molar-refractivity contribution in [2.45, 2.75) is 6.42 Å². The Bertz CT molecular complexity index is 730. The number of hydrogen-bond donors (Lipinski definition) is 0. The van der Waals surface area contributed by atoms with E-state index in [0.29, 0.717) is 10.6 Å². The molecule has 1 aliphatic heterocycles. The molecule has 4 heteroatoms. The van der Waals surface area contributed by atoms with Gasteiger partial charge in [-0.15, -0.1) is 0 Å². The summed E-state index contributed by atoms with van der Waals surface area (Å²) in [5, 5.41) is 0.527. The molecule has 3 nitrogen and oxygen atoms in total. The second-order valence-corrected chi connectivity index (χ2v) is 6.65. The minimum Gasteiger partial charge on any atom is -0.337 e. The van der Waals surface area contributed by atoms with Gasteiger partial charge in [0, 0.05) is 32.7 Å². The van der Waals surface area contributed by atoms with Crippen molar-refractivity contribution in [2.24, 2.45) is 0 Å². The predicted molar refractivity (Wildman–Crippen MR) is 104 cm³/mol. The maximum absolute atomic E-state index is 12.7. The molecule has 0 bridgehead atoms. The summed E-state index contributed by atoms with van der Waals surface area (Å²) in [6.07, 6.45) is 5.33. The molecule has 0 atom stereocenters. The van der Waals surface area contributed by atoms with Crippen molar-refractivity contribution in [3.63, 3.8) is 0 Å². The lowest BCUT2D eigenvalue weighted by atomic mass is 10.2. The van der Waals surface area contributed by atoms with Gasteiger partial charge in [0.05, 0.1) is 10.6 Å². The van der Waals surface area contributed by atoms with Crippen LogP contribution in [-0.2, 0) is 0 Å². The van der Waals surface area contributed by atoms with E-state index in [4.69, 9.17) is 11.6 Å². The Labute approximate surface area is 154 Å². The third kappa shape index (κ3) is 4.94. The van der Waals surface area contributed by atoms with E-state index in [2.05, 4.69) is 29.2 Å². The Hall–Kier alpha value is -2.10. The van der Waals surface area contributed by atoms with Crippen LogP contribution >= 0.6 is 11.6 Å². The molecule has 0 spiro atoms. The molecule has 0 aliphatic carbocycles. The van der Waals surface area contributed by atoms with E-state index in [0.717, 1.165) is 39.1 Å². The first-order valence-electron chi connectivity index (χ1n) is 8.72. The number of nitrogens with zero attached hydrogens (tertiary/aromatic N) is 2. The van der Waals surface area contributed by atoms with Crippen LogP contribution in [0.1, 0.15) is 22.3 Å². The smallest absolute Gasteiger partial charge is 0.255 e. The molecule has 0 saturated carbocycles. The van der Waals surface area contributed by atoms with Crippen molar-refractivity contribution in [2.75, 3.05) is 32.7 Å². The third-order valence-electron chi connectivity index (χ3n) is 4.45. The molecule has 0 aromatic heterocycles. The zero-order valence-electron chi connectivity index (χ0n) is 14.3. The molecule has 25 heavy (non-hydrogen) atoms. The van der Waals surface area contributed by atoms with Gasteiger partial charge in [0.15, 0.2) is 0 Å². The van der Waals surface area contributed by atoms with E-state index >= 15 is 0 Å². The van der Waals surface area contributed by atoms with Crippen LogP contribution in [0.15, 0.2) is 60.7 Å². The fraction of sp³-hybridized carbons (Fsp3) is 0.286. The van der Waals surface area contributed by atoms with Crippen LogP contribution < -0.4 is 0 Å². The summed E-state index contributed by atoms with van der Waals surface area (Å²) in [6, 6.07) is 17.6. The van der Waals surface area contributed by atoms with Crippen molar-refractivity contribution in [3.8, 4) is 0 Å². The second-order valence-electron chi connectivity index (χ2n) is 6.24. The molecule has 3 rings (SSSR count). The SMILES string of the molecule is O=C(c1ccccc1Cl)N1CCCN(CC=Cc2ccccc2)CC1. The second kappa shape index (κ2) is 8.84. The Balaban J connectivity index is 1.54. The van der Waals surface area contributed by atoms with E-state index in [1.165, 1.54) is 5.56 Å². The zero-order chi connectivity index (χ0) is 17.5. The molecular weight excluding hydrogens is 332 g/mol. The summed E-state index contributed by atoms with van der Waals surface area (Å²) in [5.41, 5.74) is 1.81. The Morgan fingerprint density at radius 2 is 1.72 bits per heavy atom. The summed E-state index contributed by atoms with van der Waals surface area (Å²) in [7, 11) is 0. The van der Waals surface area contributed by atoms with Gasteiger partial charge < -0.3 is 4.90 Å². The van der Waals surface area contributed by atoms with Gasteiger partial charge in [0.25, 0.3) is 5.91 Å². The molecule has 2 aromatic rings. The molecule has 1 fully saturated rings. The van der Waals surface area contributed by atoms with Crippen LogP contribution in [0, 0.1) is 0 Å². The number of halogens is 1. The average Bonchev–Trinajstić information content (AvgIpc) is 2.88. The van der Waals surface area contributed by atoms with E-state index in [9.17, 15) is 4.79 Å². The van der Waals surface area contributed by atoms with Gasteiger partial charge in [-0.25, -0.2) is 0 Å². The maximum atomic E-state index is 12.7. The third-order valence-corrected chi connectivity index (χ3v) is 4.78. The first-order valence-corrected chi connectivity index (χ1v) is 9.09. The van der Waals surface area contributed by atoms with Gasteiger partial charge >= 0.3 is 0 Å². The molecule has 0 N–H and O–H groups in total. The van der Waals surface area contributed by atoms with Crippen LogP contribution in [0.3, 0.4) is 0 Å². The predicted octanol–water partition coefficient (Wildman–Crippen LogP) is 4.20. The summed E-state index contributed by atoms with van der Waals surface area (Å²) in [4.78, 5) is 17.0. The standard InChI is InChI=1S/C21H23ClN2O/c22-20-12-5-4-11-19(20)21(25)24-15-7-14-23(16-17-24)13-6-10-18-8-2-1-3-9-18/h1-6,8-12H,7,13-17H2. The number of amides is 1. The molecule has 130 valence electrons. The minimum absolute atomic E-state index is 0.0345. The lowest BCUT2D eigenvalue weighted by molar-refractivity contribution is 0.0762. The Morgan fingerprint density at radius 3 is 2.52 bits per heavy atom. The lowest BCUT2D eigenvalue weighted by Crippen LogP contribution is -2.35. The van der Waals surface area contributed by atoms with Gasteiger partial charge in [-0.2, -0.15) is 0 Å². The van der Waals surface area contributed by atoms with E-state index in [1.807, 2.05) is 35.2 Å². The fourth-order valence-electron chi connectivity index (χ4n) is 3.06. The van der Waals surface area contributed by atoms with E-state index < -0.39 is 0 Å². The normalized spacial score (nSPS) is 16.1. The largest absolute Gasteiger partial charge is 0.337 e. The van der Waals surface area contributed by atoms with Crippen LogP contribution in [0.5, 0.6) is 0 Å². The van der Waals surface area contributed by atoms with Gasteiger partial charge in [-0.3, -0.25) is 9.69 Å². The zero-order valence-corrected chi connectivity index (χ0v) is 15.0. The van der Waals surface area contributed by atoms with Gasteiger partial charge in [-0.1, -0.05) is 66.2 Å². The van der Waals surface area contributed by atoms with Gasteiger partial charge in [0.2, 0.25) is 0 Å². The number of carbonyl (C=O) groups is 1. The Kier molecular flexibility index (Phi) is 6.26. The lowest BCUT2D eigenvalue weighted by Gasteiger charge is -2.21. The molecule has 0 radical (unpaired) electrons. The summed E-state index contributed by atoms with van der Waals surface area (Å²) >= 11 is 6.17. The molecule has 1 aliphatic rings. The molecular formula is C21H23ClN2O. The number of carbonyl (C=O) groups excluding carboxylic acids is 1. The van der Waals surface area contributed by atoms with Crippen LogP contribution in [-0.4, -0.2) is 48.4 Å². The monoisotopic (exact) mass is 354 g/mol. The highest BCUT2D eigenvalue weighted by molar-refractivity contribution is 6.33. The minimum atomic E-state index is 0.0345. The molecule has 2 aromatic carbocycles. The number of benzene rings is 2. The quantitative estimate of drug-likeness (QED) is 0.821. The molecule has 1 amide bonds. The average molecular weight is 355 g/mol. The van der Waals surface area contributed by atoms with Crippen LogP contribution in [0.25, 0.3) is 6.08 Å². The number of rotatable bonds is 4. The van der Waals surface area contributed by atoms with Crippen molar-refractivity contribution < 1.29 is 4.79 Å². The number of hydrogen-bond acceptors (Lipinski definition) is 2. The molecule has 1 heterocycles. The first-order chi connectivity index (χ1) is 12.2. The maximum Gasteiger partial charge on any atom is 0.255 e. The topological polar surface area (TPSA) is 23.6 Å². The van der Waals surface area contributed by atoms with Crippen LogP contribution in [0.2, 0.25) is 5.02 Å². The van der Waals surface area contributed by atoms with Crippen molar-refractivity contribution >= 4 is 23.6 Å². The van der Waals surface area contributed by atoms with Crippen molar-refractivity contribution in [1.82, 2.24) is 9.80 Å². The van der Waals surface area contributed by atoms with Gasteiger partial charge in [-0.05, 0) is 24.1 Å². The summed E-state index contributed by atoms with van der Waals surface area (Å²) < 4.78 is 0. The summed E-state index contributed by atoms with van der Waals surface area (Å²) in [5.74, 6) is 0.0345. The highest BCUT2D eigenvalue weighted by atomic mass is 35.5. The first kappa shape index (κ1) is 17.7. The highest BCUT2D eigenvalue weighted by Crippen LogP contribution is 2.18. The van der Waals surface area contributed by atoms with E-state index in [-0.39, 0.29) is 5.91 Å². The molecule has 1 saturated heterocycles. The Morgan fingerprint density at radius 1 is 0.960 bits per heavy atom. The van der Waals surface area contributed by atoms with Crippen molar-refractivity contribution in [1.29, 1.82) is 0 Å². The van der Waals surface area contributed by atoms with Gasteiger partial charge in [0.1, 0.15) is 0 Å². The van der Waals surface area contributed by atoms with E-state index in [1.54, 1.807) is 12.1 Å².